The Labute approximate surface area is 171 Å². The molecule has 3 nitrogen and oxygen atoms in total. The maximum absolute atomic E-state index is 12.9. The Kier molecular flexibility index (Phi) is 6.16. The summed E-state index contributed by atoms with van der Waals surface area (Å²) >= 11 is 10.2. The third-order valence-corrected chi connectivity index (χ3v) is 5.76. The van der Waals surface area contributed by atoms with Crippen LogP contribution in [0.5, 0.6) is 5.75 Å². The summed E-state index contributed by atoms with van der Waals surface area (Å²) in [7, 11) is 0. The average molecular weight is 448 g/mol. The predicted octanol–water partition coefficient (Wildman–Crippen LogP) is 6.03. The van der Waals surface area contributed by atoms with Gasteiger partial charge in [-0.3, -0.25) is 9.69 Å². The van der Waals surface area contributed by atoms with Crippen molar-refractivity contribution in [1.82, 2.24) is 0 Å². The largest absolute Gasteiger partial charge is 0.490 e. The second-order valence-electron chi connectivity index (χ2n) is 5.87. The van der Waals surface area contributed by atoms with Crippen molar-refractivity contribution in [3.05, 3.63) is 63.5 Å². The van der Waals surface area contributed by atoms with Gasteiger partial charge in [0.25, 0.3) is 5.91 Å². The van der Waals surface area contributed by atoms with Crippen molar-refractivity contribution in [2.24, 2.45) is 0 Å². The number of rotatable bonds is 5. The van der Waals surface area contributed by atoms with Crippen LogP contribution in [-0.4, -0.2) is 16.3 Å². The molecule has 0 saturated carbocycles. The van der Waals surface area contributed by atoms with E-state index in [1.165, 1.54) is 11.8 Å². The van der Waals surface area contributed by atoms with Crippen LogP contribution >= 0.6 is 39.9 Å². The summed E-state index contributed by atoms with van der Waals surface area (Å²) in [6.45, 7) is 4.11. The number of hydrogen-bond donors (Lipinski definition) is 0. The summed E-state index contributed by atoms with van der Waals surface area (Å²) in [5, 5.41) is 0. The lowest BCUT2D eigenvalue weighted by Gasteiger charge is -2.15. The van der Waals surface area contributed by atoms with Crippen LogP contribution in [0.25, 0.3) is 6.08 Å². The molecule has 0 aliphatic carbocycles. The molecule has 1 saturated heterocycles. The summed E-state index contributed by atoms with van der Waals surface area (Å²) in [4.78, 5) is 15.1. The van der Waals surface area contributed by atoms with Gasteiger partial charge in [0.2, 0.25) is 0 Å². The molecule has 0 aromatic heterocycles. The van der Waals surface area contributed by atoms with Crippen LogP contribution in [0.15, 0.2) is 57.9 Å². The lowest BCUT2D eigenvalue weighted by molar-refractivity contribution is -0.113. The normalized spacial score (nSPS) is 17.0. The van der Waals surface area contributed by atoms with Crippen molar-refractivity contribution in [2.45, 2.75) is 26.4 Å². The molecule has 0 unspecified atom stereocenters. The molecule has 3 rings (SSSR count). The number of carbonyl (C=O) groups excluding carboxylic acids is 1. The van der Waals surface area contributed by atoms with Crippen LogP contribution in [0.3, 0.4) is 0 Å². The first-order valence-corrected chi connectivity index (χ1v) is 10.3. The molecule has 0 N–H and O–H groups in total. The third kappa shape index (κ3) is 4.19. The van der Waals surface area contributed by atoms with Gasteiger partial charge in [-0.25, -0.2) is 0 Å². The number of anilines is 1. The molecule has 134 valence electrons. The van der Waals surface area contributed by atoms with Crippen molar-refractivity contribution >= 4 is 61.9 Å². The van der Waals surface area contributed by atoms with Crippen molar-refractivity contribution in [3.8, 4) is 5.75 Å². The van der Waals surface area contributed by atoms with Gasteiger partial charge in [-0.15, -0.1) is 0 Å². The van der Waals surface area contributed by atoms with Gasteiger partial charge in [-0.1, -0.05) is 71.1 Å². The fraction of sp³-hybridized carbons (Fsp3) is 0.200. The molecule has 1 heterocycles. The van der Waals surface area contributed by atoms with Crippen LogP contribution in [0.2, 0.25) is 0 Å². The Morgan fingerprint density at radius 3 is 2.77 bits per heavy atom. The monoisotopic (exact) mass is 447 g/mol. The summed E-state index contributed by atoms with van der Waals surface area (Å²) < 4.78 is 7.41. The lowest BCUT2D eigenvalue weighted by atomic mass is 10.1. The first-order valence-electron chi connectivity index (χ1n) is 8.28. The van der Waals surface area contributed by atoms with Crippen molar-refractivity contribution < 1.29 is 9.53 Å². The summed E-state index contributed by atoms with van der Waals surface area (Å²) in [5.41, 5.74) is 1.64. The molecule has 0 spiro atoms. The standard InChI is InChI=1S/C20H18BrNO2S2/c1-3-13(2)24-17-10-5-4-7-14(17)11-18-19(23)22(20(25)26-18)16-9-6-8-15(21)12-16/h4-13H,3H2,1-2H3/b18-11+/t13-/m1/s1. The molecule has 1 aliphatic heterocycles. The van der Waals surface area contributed by atoms with Gasteiger partial charge >= 0.3 is 0 Å². The number of halogens is 1. The van der Waals surface area contributed by atoms with E-state index in [0.29, 0.717) is 9.23 Å². The van der Waals surface area contributed by atoms with Crippen LogP contribution in [-0.2, 0) is 4.79 Å². The predicted molar refractivity (Wildman–Crippen MR) is 117 cm³/mol. The molecule has 1 aliphatic rings. The number of para-hydroxylation sites is 1. The Morgan fingerprint density at radius 1 is 1.27 bits per heavy atom. The van der Waals surface area contributed by atoms with E-state index >= 15 is 0 Å². The number of nitrogens with zero attached hydrogens (tertiary/aromatic N) is 1. The molecule has 26 heavy (non-hydrogen) atoms. The molecular weight excluding hydrogens is 430 g/mol. The van der Waals surface area contributed by atoms with E-state index < -0.39 is 0 Å². The topological polar surface area (TPSA) is 29.5 Å². The van der Waals surface area contributed by atoms with E-state index in [4.69, 9.17) is 17.0 Å². The zero-order valence-electron chi connectivity index (χ0n) is 14.4. The van der Waals surface area contributed by atoms with Crippen molar-refractivity contribution in [1.29, 1.82) is 0 Å². The molecule has 6 heteroatoms. The minimum Gasteiger partial charge on any atom is -0.490 e. The van der Waals surface area contributed by atoms with E-state index in [2.05, 4.69) is 22.9 Å². The smallest absolute Gasteiger partial charge is 0.270 e. The van der Waals surface area contributed by atoms with E-state index in [9.17, 15) is 4.79 Å². The molecule has 2 aromatic carbocycles. The van der Waals surface area contributed by atoms with Gasteiger partial charge in [-0.05, 0) is 43.7 Å². The van der Waals surface area contributed by atoms with Crippen LogP contribution in [0.4, 0.5) is 5.69 Å². The fourth-order valence-corrected chi connectivity index (χ4v) is 4.13. The zero-order valence-corrected chi connectivity index (χ0v) is 17.7. The van der Waals surface area contributed by atoms with Crippen LogP contribution in [0, 0.1) is 0 Å². The van der Waals surface area contributed by atoms with Gasteiger partial charge in [0.05, 0.1) is 16.7 Å². The highest BCUT2D eigenvalue weighted by Crippen LogP contribution is 2.37. The fourth-order valence-electron chi connectivity index (χ4n) is 2.45. The molecule has 2 aromatic rings. The number of thiocarbonyl (C=S) groups is 1. The van der Waals surface area contributed by atoms with E-state index in [0.717, 1.165) is 27.9 Å². The highest BCUT2D eigenvalue weighted by molar-refractivity contribution is 9.10. The number of benzene rings is 2. The van der Waals surface area contributed by atoms with E-state index in [-0.39, 0.29) is 12.0 Å². The number of hydrogen-bond acceptors (Lipinski definition) is 4. The minimum absolute atomic E-state index is 0.112. The van der Waals surface area contributed by atoms with Crippen LogP contribution in [0.1, 0.15) is 25.8 Å². The summed E-state index contributed by atoms with van der Waals surface area (Å²) in [6.07, 6.45) is 2.88. The van der Waals surface area contributed by atoms with Gasteiger partial charge in [0, 0.05) is 10.0 Å². The highest BCUT2D eigenvalue weighted by atomic mass is 79.9. The Morgan fingerprint density at radius 2 is 2.04 bits per heavy atom. The first kappa shape index (κ1) is 19.1. The maximum atomic E-state index is 12.9. The minimum atomic E-state index is -0.114. The quantitative estimate of drug-likeness (QED) is 0.413. The summed E-state index contributed by atoms with van der Waals surface area (Å²) in [6, 6.07) is 15.3. The molecule has 1 atom stereocenters. The lowest BCUT2D eigenvalue weighted by Crippen LogP contribution is -2.27. The molecule has 0 radical (unpaired) electrons. The number of ether oxygens (including phenoxy) is 1. The van der Waals surface area contributed by atoms with Crippen molar-refractivity contribution in [3.63, 3.8) is 0 Å². The maximum Gasteiger partial charge on any atom is 0.270 e. The van der Waals surface area contributed by atoms with E-state index in [1.54, 1.807) is 4.90 Å². The highest BCUT2D eigenvalue weighted by Gasteiger charge is 2.33. The second kappa shape index (κ2) is 8.37. The van der Waals surface area contributed by atoms with Gasteiger partial charge in [-0.2, -0.15) is 0 Å². The van der Waals surface area contributed by atoms with E-state index in [1.807, 2.05) is 61.5 Å². The number of amides is 1. The van der Waals surface area contributed by atoms with Crippen LogP contribution < -0.4 is 9.64 Å². The molecular formula is C20H18BrNO2S2. The molecule has 1 fully saturated rings. The Hall–Kier alpha value is -1.63. The summed E-state index contributed by atoms with van der Waals surface area (Å²) in [5.74, 6) is 0.658. The number of carbonyl (C=O) groups is 1. The van der Waals surface area contributed by atoms with Gasteiger partial charge < -0.3 is 4.74 Å². The van der Waals surface area contributed by atoms with Crippen molar-refractivity contribution in [2.75, 3.05) is 4.90 Å². The third-order valence-electron chi connectivity index (χ3n) is 3.97. The number of thioether (sulfide) groups is 1. The Bertz CT molecular complexity index is 882. The second-order valence-corrected chi connectivity index (χ2v) is 8.46. The first-order chi connectivity index (χ1) is 12.5. The molecule has 0 bridgehead atoms. The SMILES string of the molecule is CC[C@@H](C)Oc1ccccc1/C=C1/SC(=S)N(c2cccc(Br)c2)C1=O. The zero-order chi connectivity index (χ0) is 18.7. The van der Waals surface area contributed by atoms with Gasteiger partial charge in [0.15, 0.2) is 4.32 Å². The average Bonchev–Trinajstić information content (AvgIpc) is 2.90. The molecule has 1 amide bonds. The van der Waals surface area contributed by atoms with Gasteiger partial charge in [0.1, 0.15) is 5.75 Å². The Balaban J connectivity index is 1.92.